The second-order valence-electron chi connectivity index (χ2n) is 6.00. The van der Waals surface area contributed by atoms with Crippen LogP contribution in [0.2, 0.25) is 0 Å². The third kappa shape index (κ3) is 2.83. The molecule has 5 heteroatoms. The Morgan fingerprint density at radius 2 is 1.92 bits per heavy atom. The summed E-state index contributed by atoms with van der Waals surface area (Å²) in [5.41, 5.74) is 6.02. The van der Waals surface area contributed by atoms with Gasteiger partial charge < -0.3 is 0 Å². The molecule has 2 aromatic heterocycles. The molecule has 1 aliphatic rings. The number of carbonyl (C=O) groups is 1. The molecule has 0 N–H and O–H groups in total. The predicted molar refractivity (Wildman–Crippen MR) is 96.9 cm³/mol. The highest BCUT2D eigenvalue weighted by Crippen LogP contribution is 2.33. The summed E-state index contributed by atoms with van der Waals surface area (Å²) in [5, 5.41) is 2.04. The van der Waals surface area contributed by atoms with Gasteiger partial charge in [0.25, 0.3) is 0 Å². The van der Waals surface area contributed by atoms with Crippen LogP contribution in [0, 0.1) is 5.92 Å². The van der Waals surface area contributed by atoms with Crippen molar-refractivity contribution in [3.05, 3.63) is 53.5 Å². The van der Waals surface area contributed by atoms with Gasteiger partial charge in [-0.3, -0.25) is 9.69 Å². The van der Waals surface area contributed by atoms with E-state index >= 15 is 0 Å². The Hall–Kier alpha value is -2.53. The molecule has 0 radical (unpaired) electrons. The van der Waals surface area contributed by atoms with Gasteiger partial charge in [-0.15, -0.1) is 11.3 Å². The Morgan fingerprint density at radius 3 is 2.54 bits per heavy atom. The van der Waals surface area contributed by atoms with Crippen LogP contribution in [0.5, 0.6) is 0 Å². The molecule has 0 unspecified atom stereocenters. The average Bonchev–Trinajstić information content (AvgIpc) is 3.35. The monoisotopic (exact) mass is 335 g/mol. The van der Waals surface area contributed by atoms with Crippen molar-refractivity contribution in [1.82, 2.24) is 9.97 Å². The number of rotatable bonds is 4. The van der Waals surface area contributed by atoms with Crippen molar-refractivity contribution in [2.45, 2.75) is 12.8 Å². The average molecular weight is 335 g/mol. The molecule has 3 aromatic rings. The fourth-order valence-corrected chi connectivity index (χ4v) is 3.32. The zero-order valence-corrected chi connectivity index (χ0v) is 14.2. The number of pyridine rings is 1. The van der Waals surface area contributed by atoms with E-state index < -0.39 is 0 Å². The highest BCUT2D eigenvalue weighted by atomic mass is 32.1. The lowest BCUT2D eigenvalue weighted by Crippen LogP contribution is -2.28. The summed E-state index contributed by atoms with van der Waals surface area (Å²) in [6.07, 6.45) is 3.84. The first-order valence-corrected chi connectivity index (χ1v) is 8.90. The van der Waals surface area contributed by atoms with Crippen molar-refractivity contribution in [1.29, 1.82) is 0 Å². The third-order valence-electron chi connectivity index (χ3n) is 4.30. The van der Waals surface area contributed by atoms with Gasteiger partial charge in [0.15, 0.2) is 0 Å². The normalized spacial score (nSPS) is 13.7. The fraction of sp³-hybridized carbons (Fsp3) is 0.211. The topological polar surface area (TPSA) is 46.1 Å². The van der Waals surface area contributed by atoms with Gasteiger partial charge in [-0.25, -0.2) is 9.97 Å². The maximum absolute atomic E-state index is 12.1. The summed E-state index contributed by atoms with van der Waals surface area (Å²) >= 11 is 1.59. The van der Waals surface area contributed by atoms with Gasteiger partial charge in [0.2, 0.25) is 5.91 Å². The first-order chi connectivity index (χ1) is 11.7. The van der Waals surface area contributed by atoms with Gasteiger partial charge in [-0.1, -0.05) is 24.3 Å². The maximum Gasteiger partial charge on any atom is 0.230 e. The second-order valence-corrected chi connectivity index (χ2v) is 6.71. The van der Waals surface area contributed by atoms with Crippen LogP contribution in [-0.4, -0.2) is 22.9 Å². The first-order valence-electron chi connectivity index (χ1n) is 7.95. The van der Waals surface area contributed by atoms with E-state index in [0.29, 0.717) is 5.82 Å². The molecule has 1 fully saturated rings. The van der Waals surface area contributed by atoms with Gasteiger partial charge in [-0.05, 0) is 30.5 Å². The van der Waals surface area contributed by atoms with Crippen molar-refractivity contribution < 1.29 is 4.79 Å². The van der Waals surface area contributed by atoms with Gasteiger partial charge in [0, 0.05) is 35.7 Å². The molecule has 1 amide bonds. The summed E-state index contributed by atoms with van der Waals surface area (Å²) in [6, 6.07) is 12.1. The number of hydrogen-bond acceptors (Lipinski definition) is 4. The van der Waals surface area contributed by atoms with Crippen LogP contribution in [-0.2, 0) is 4.79 Å². The number of aromatic nitrogens is 2. The van der Waals surface area contributed by atoms with E-state index in [-0.39, 0.29) is 11.8 Å². The van der Waals surface area contributed by atoms with E-state index in [0.717, 1.165) is 35.2 Å². The molecule has 1 saturated carbocycles. The highest BCUT2D eigenvalue weighted by molar-refractivity contribution is 7.07. The van der Waals surface area contributed by atoms with E-state index in [1.165, 1.54) is 0 Å². The van der Waals surface area contributed by atoms with Gasteiger partial charge in [0.05, 0.1) is 11.2 Å². The number of nitrogens with zero attached hydrogens (tertiary/aromatic N) is 3. The molecular formula is C19H17N3OS. The summed E-state index contributed by atoms with van der Waals surface area (Å²) in [5.74, 6) is 1.06. The van der Waals surface area contributed by atoms with E-state index in [2.05, 4.69) is 22.1 Å². The van der Waals surface area contributed by atoms with Crippen LogP contribution >= 0.6 is 11.3 Å². The maximum atomic E-state index is 12.1. The molecular weight excluding hydrogens is 318 g/mol. The molecule has 4 nitrogen and oxygen atoms in total. The minimum absolute atomic E-state index is 0.165. The van der Waals surface area contributed by atoms with Crippen LogP contribution < -0.4 is 4.90 Å². The Balaban J connectivity index is 1.65. The minimum Gasteiger partial charge on any atom is -0.300 e. The number of carbonyl (C=O) groups excluding carboxylic acids is 1. The lowest BCUT2D eigenvalue weighted by atomic mass is 9.99. The summed E-state index contributed by atoms with van der Waals surface area (Å²) in [7, 11) is 1.80. The van der Waals surface area contributed by atoms with E-state index in [1.807, 2.05) is 41.4 Å². The van der Waals surface area contributed by atoms with Gasteiger partial charge in [0.1, 0.15) is 5.82 Å². The van der Waals surface area contributed by atoms with Crippen LogP contribution in [0.1, 0.15) is 12.8 Å². The van der Waals surface area contributed by atoms with Crippen molar-refractivity contribution >= 4 is 23.1 Å². The second kappa shape index (κ2) is 6.17. The molecule has 0 aliphatic heterocycles. The first kappa shape index (κ1) is 15.0. The number of benzene rings is 1. The van der Waals surface area contributed by atoms with Crippen molar-refractivity contribution in [2.75, 3.05) is 11.9 Å². The quantitative estimate of drug-likeness (QED) is 0.716. The zero-order chi connectivity index (χ0) is 16.5. The van der Waals surface area contributed by atoms with Crippen molar-refractivity contribution in [3.8, 4) is 22.4 Å². The number of anilines is 1. The Bertz CT molecular complexity index is 855. The van der Waals surface area contributed by atoms with Gasteiger partial charge >= 0.3 is 0 Å². The Labute approximate surface area is 144 Å². The molecule has 0 saturated heterocycles. The highest BCUT2D eigenvalue weighted by Gasteiger charge is 2.32. The van der Waals surface area contributed by atoms with Crippen LogP contribution in [0.4, 0.5) is 5.82 Å². The van der Waals surface area contributed by atoms with E-state index in [9.17, 15) is 4.79 Å². The SMILES string of the molecule is CN(C(=O)C1CC1)c1ccc(-c2ccccc2-c2cscn2)cn1. The van der Waals surface area contributed by atoms with E-state index in [1.54, 1.807) is 23.3 Å². The molecule has 24 heavy (non-hydrogen) atoms. The number of hydrogen-bond donors (Lipinski definition) is 0. The van der Waals surface area contributed by atoms with Crippen molar-refractivity contribution in [2.24, 2.45) is 5.92 Å². The molecule has 0 spiro atoms. The summed E-state index contributed by atoms with van der Waals surface area (Å²) in [6.45, 7) is 0. The molecule has 1 aromatic carbocycles. The summed E-state index contributed by atoms with van der Waals surface area (Å²) < 4.78 is 0. The minimum atomic E-state index is 0.165. The molecule has 0 atom stereocenters. The lowest BCUT2D eigenvalue weighted by Gasteiger charge is -2.16. The van der Waals surface area contributed by atoms with E-state index in [4.69, 9.17) is 0 Å². The van der Waals surface area contributed by atoms with Crippen molar-refractivity contribution in [3.63, 3.8) is 0 Å². The largest absolute Gasteiger partial charge is 0.300 e. The number of thiazole rings is 1. The Kier molecular flexibility index (Phi) is 3.86. The third-order valence-corrected chi connectivity index (χ3v) is 4.88. The number of amides is 1. The predicted octanol–water partition coefficient (Wildman–Crippen LogP) is 4.24. The zero-order valence-electron chi connectivity index (χ0n) is 13.3. The van der Waals surface area contributed by atoms with Crippen LogP contribution in [0.3, 0.4) is 0 Å². The molecule has 2 heterocycles. The summed E-state index contributed by atoms with van der Waals surface area (Å²) in [4.78, 5) is 22.7. The molecule has 4 rings (SSSR count). The molecule has 120 valence electrons. The Morgan fingerprint density at radius 1 is 1.12 bits per heavy atom. The van der Waals surface area contributed by atoms with Crippen LogP contribution in [0.15, 0.2) is 53.5 Å². The molecule has 0 bridgehead atoms. The fourth-order valence-electron chi connectivity index (χ4n) is 2.76. The smallest absolute Gasteiger partial charge is 0.230 e. The van der Waals surface area contributed by atoms with Crippen LogP contribution in [0.25, 0.3) is 22.4 Å². The van der Waals surface area contributed by atoms with Gasteiger partial charge in [-0.2, -0.15) is 0 Å². The standard InChI is InChI=1S/C19H17N3OS/c1-22(19(23)13-6-7-13)18-9-8-14(10-20-18)15-4-2-3-5-16(15)17-11-24-12-21-17/h2-5,8-13H,6-7H2,1H3. The lowest BCUT2D eigenvalue weighted by molar-refractivity contribution is -0.119. The molecule has 1 aliphatic carbocycles.